The number of pyridine rings is 1. The molecule has 146 valence electrons. The molecule has 6 nitrogen and oxygen atoms in total. The van der Waals surface area contributed by atoms with Gasteiger partial charge in [-0.2, -0.15) is 0 Å². The Labute approximate surface area is 160 Å². The lowest BCUT2D eigenvalue weighted by Gasteiger charge is -2.38. The first-order valence-electron chi connectivity index (χ1n) is 10.2. The Balaban J connectivity index is 1.26. The molecule has 1 amide bonds. The maximum atomic E-state index is 12.3. The molecule has 0 radical (unpaired) electrons. The number of anilines is 1. The van der Waals surface area contributed by atoms with Crippen LogP contribution in [0.4, 0.5) is 5.82 Å². The number of allylic oxidation sites excluding steroid dienone is 1. The molecule has 1 aromatic rings. The Morgan fingerprint density at radius 2 is 2.00 bits per heavy atom. The second kappa shape index (κ2) is 8.40. The molecule has 6 heteroatoms. The number of nitrogens with one attached hydrogen (secondary N) is 1. The molecule has 0 bridgehead atoms. The van der Waals surface area contributed by atoms with Crippen molar-refractivity contribution >= 4 is 11.7 Å². The van der Waals surface area contributed by atoms with Crippen molar-refractivity contribution in [2.75, 3.05) is 37.7 Å². The van der Waals surface area contributed by atoms with Crippen molar-refractivity contribution in [3.8, 4) is 0 Å². The van der Waals surface area contributed by atoms with Gasteiger partial charge in [-0.15, -0.1) is 0 Å². The maximum Gasteiger partial charge on any atom is 0.252 e. The molecule has 1 spiro atoms. The molecule has 4 rings (SSSR count). The van der Waals surface area contributed by atoms with E-state index >= 15 is 0 Å². The number of aromatic nitrogens is 1. The van der Waals surface area contributed by atoms with Crippen molar-refractivity contribution in [3.63, 3.8) is 0 Å². The third-order valence-electron chi connectivity index (χ3n) is 5.79. The zero-order valence-electron chi connectivity index (χ0n) is 15.9. The van der Waals surface area contributed by atoms with E-state index in [2.05, 4.69) is 21.3 Å². The van der Waals surface area contributed by atoms with Crippen molar-refractivity contribution in [1.82, 2.24) is 10.3 Å². The molecule has 0 saturated carbocycles. The third-order valence-corrected chi connectivity index (χ3v) is 5.79. The van der Waals surface area contributed by atoms with Crippen LogP contribution in [-0.2, 0) is 9.47 Å². The van der Waals surface area contributed by atoms with Gasteiger partial charge in [-0.1, -0.05) is 11.6 Å². The Hall–Kier alpha value is -1.92. The first-order valence-corrected chi connectivity index (χ1v) is 10.2. The van der Waals surface area contributed by atoms with Gasteiger partial charge < -0.3 is 19.7 Å². The second-order valence-electron chi connectivity index (χ2n) is 7.61. The van der Waals surface area contributed by atoms with Gasteiger partial charge in [-0.25, -0.2) is 4.98 Å². The Morgan fingerprint density at radius 1 is 1.19 bits per heavy atom. The average molecular weight is 371 g/mol. The summed E-state index contributed by atoms with van der Waals surface area (Å²) in [6.45, 7) is 3.79. The van der Waals surface area contributed by atoms with E-state index in [1.165, 1.54) is 31.3 Å². The number of carbonyl (C=O) groups is 1. The second-order valence-corrected chi connectivity index (χ2v) is 7.61. The Bertz CT molecular complexity index is 670. The Kier molecular flexibility index (Phi) is 5.74. The van der Waals surface area contributed by atoms with Crippen LogP contribution in [0.2, 0.25) is 0 Å². The SMILES string of the molecule is O=C(NCCC1=CCCCC1)c1ccc(N2CCC3(CC2)OCCO3)nc1. The van der Waals surface area contributed by atoms with Gasteiger partial charge in [-0.05, 0) is 44.2 Å². The molecule has 0 atom stereocenters. The normalized spacial score (nSPS) is 21.9. The summed E-state index contributed by atoms with van der Waals surface area (Å²) in [7, 11) is 0. The van der Waals surface area contributed by atoms with Gasteiger partial charge in [0, 0.05) is 38.7 Å². The van der Waals surface area contributed by atoms with Crippen molar-refractivity contribution in [2.45, 2.75) is 50.7 Å². The van der Waals surface area contributed by atoms with Crippen LogP contribution in [0.15, 0.2) is 30.0 Å². The van der Waals surface area contributed by atoms with E-state index in [-0.39, 0.29) is 11.7 Å². The first-order chi connectivity index (χ1) is 13.2. The average Bonchev–Trinajstić information content (AvgIpc) is 3.17. The smallest absolute Gasteiger partial charge is 0.252 e. The van der Waals surface area contributed by atoms with Gasteiger partial charge in [-0.3, -0.25) is 4.79 Å². The summed E-state index contributed by atoms with van der Waals surface area (Å²) in [5.41, 5.74) is 2.10. The molecule has 1 N–H and O–H groups in total. The van der Waals surface area contributed by atoms with E-state index in [0.717, 1.165) is 38.2 Å². The fraction of sp³-hybridized carbons (Fsp3) is 0.619. The summed E-state index contributed by atoms with van der Waals surface area (Å²) in [5.74, 6) is 0.493. The van der Waals surface area contributed by atoms with Gasteiger partial charge in [0.25, 0.3) is 5.91 Å². The van der Waals surface area contributed by atoms with Gasteiger partial charge in [0.15, 0.2) is 5.79 Å². The monoisotopic (exact) mass is 371 g/mol. The van der Waals surface area contributed by atoms with Gasteiger partial charge in [0.2, 0.25) is 0 Å². The largest absolute Gasteiger partial charge is 0.356 e. The van der Waals surface area contributed by atoms with E-state index in [1.54, 1.807) is 6.20 Å². The van der Waals surface area contributed by atoms with Gasteiger partial charge in [0.1, 0.15) is 5.82 Å². The first kappa shape index (κ1) is 18.4. The molecule has 3 heterocycles. The van der Waals surface area contributed by atoms with E-state index in [0.29, 0.717) is 25.3 Å². The summed E-state index contributed by atoms with van der Waals surface area (Å²) in [5, 5.41) is 3.01. The molecule has 27 heavy (non-hydrogen) atoms. The van der Waals surface area contributed by atoms with Crippen LogP contribution < -0.4 is 10.2 Å². The zero-order valence-corrected chi connectivity index (χ0v) is 15.9. The summed E-state index contributed by atoms with van der Waals surface area (Å²) < 4.78 is 11.5. The molecular formula is C21H29N3O3. The van der Waals surface area contributed by atoms with Crippen LogP contribution in [0, 0.1) is 0 Å². The predicted molar refractivity (Wildman–Crippen MR) is 104 cm³/mol. The van der Waals surface area contributed by atoms with Crippen LogP contribution in [0.25, 0.3) is 0 Å². The molecule has 1 aliphatic carbocycles. The summed E-state index contributed by atoms with van der Waals surface area (Å²) in [6.07, 6.45) is 11.6. The van der Waals surface area contributed by atoms with Crippen LogP contribution in [0.3, 0.4) is 0 Å². The van der Waals surface area contributed by atoms with Crippen molar-refractivity contribution < 1.29 is 14.3 Å². The Morgan fingerprint density at radius 3 is 2.67 bits per heavy atom. The lowest BCUT2D eigenvalue weighted by molar-refractivity contribution is -0.169. The number of ether oxygens (including phenoxy) is 2. The third kappa shape index (κ3) is 4.50. The van der Waals surface area contributed by atoms with Crippen molar-refractivity contribution in [3.05, 3.63) is 35.5 Å². The maximum absolute atomic E-state index is 12.3. The van der Waals surface area contributed by atoms with Crippen LogP contribution in [0.5, 0.6) is 0 Å². The highest BCUT2D eigenvalue weighted by atomic mass is 16.7. The molecule has 1 aromatic heterocycles. The number of piperidine rings is 1. The summed E-state index contributed by atoms with van der Waals surface area (Å²) in [4.78, 5) is 19.1. The fourth-order valence-electron chi connectivity index (χ4n) is 4.14. The van der Waals surface area contributed by atoms with Crippen LogP contribution in [-0.4, -0.2) is 49.5 Å². The number of hydrogen-bond acceptors (Lipinski definition) is 5. The predicted octanol–water partition coefficient (Wildman–Crippen LogP) is 3.05. The standard InChI is InChI=1S/C21H29N3O3/c25-20(22-11-8-17-4-2-1-3-5-17)18-6-7-19(23-16-18)24-12-9-21(10-13-24)26-14-15-27-21/h4,6-7,16H,1-3,5,8-15H2,(H,22,25). The topological polar surface area (TPSA) is 63.7 Å². The molecule has 2 aliphatic heterocycles. The zero-order chi connectivity index (χ0) is 18.5. The quantitative estimate of drug-likeness (QED) is 0.806. The molecule has 2 saturated heterocycles. The number of rotatable bonds is 5. The highest BCUT2D eigenvalue weighted by Crippen LogP contribution is 2.32. The fourth-order valence-corrected chi connectivity index (χ4v) is 4.14. The minimum Gasteiger partial charge on any atom is -0.356 e. The van der Waals surface area contributed by atoms with Crippen molar-refractivity contribution in [1.29, 1.82) is 0 Å². The van der Waals surface area contributed by atoms with Crippen LogP contribution >= 0.6 is 0 Å². The highest BCUT2D eigenvalue weighted by molar-refractivity contribution is 5.94. The van der Waals surface area contributed by atoms with Crippen molar-refractivity contribution in [2.24, 2.45) is 0 Å². The number of hydrogen-bond donors (Lipinski definition) is 1. The van der Waals surface area contributed by atoms with Crippen LogP contribution in [0.1, 0.15) is 55.3 Å². The lowest BCUT2D eigenvalue weighted by Crippen LogP contribution is -2.45. The molecular weight excluding hydrogens is 342 g/mol. The number of nitrogens with zero attached hydrogens (tertiary/aromatic N) is 2. The summed E-state index contributed by atoms with van der Waals surface area (Å²) in [6, 6.07) is 3.80. The minimum absolute atomic E-state index is 0.0455. The molecule has 0 aromatic carbocycles. The molecule has 0 unspecified atom stereocenters. The van der Waals surface area contributed by atoms with E-state index in [1.807, 2.05) is 12.1 Å². The van der Waals surface area contributed by atoms with Gasteiger partial charge >= 0.3 is 0 Å². The van der Waals surface area contributed by atoms with E-state index < -0.39 is 0 Å². The van der Waals surface area contributed by atoms with E-state index in [9.17, 15) is 4.79 Å². The number of carbonyl (C=O) groups excluding carboxylic acids is 1. The molecule has 2 fully saturated rings. The number of amides is 1. The molecule has 3 aliphatic rings. The summed E-state index contributed by atoms with van der Waals surface area (Å²) >= 11 is 0. The minimum atomic E-state index is -0.371. The van der Waals surface area contributed by atoms with Gasteiger partial charge in [0.05, 0.1) is 18.8 Å². The lowest BCUT2D eigenvalue weighted by atomic mass is 9.97. The van der Waals surface area contributed by atoms with E-state index in [4.69, 9.17) is 9.47 Å². The highest BCUT2D eigenvalue weighted by Gasteiger charge is 2.39.